The zero-order valence-corrected chi connectivity index (χ0v) is 12.6. The molecule has 0 aliphatic heterocycles. The predicted octanol–water partition coefficient (Wildman–Crippen LogP) is 2.82. The van der Waals surface area contributed by atoms with E-state index >= 15 is 0 Å². The molecule has 0 aromatic carbocycles. The van der Waals surface area contributed by atoms with Crippen molar-refractivity contribution in [3.63, 3.8) is 0 Å². The first-order chi connectivity index (χ1) is 9.22. The van der Waals surface area contributed by atoms with Crippen molar-refractivity contribution in [3.05, 3.63) is 28.7 Å². The van der Waals surface area contributed by atoms with Gasteiger partial charge >= 0.3 is 0 Å². The minimum atomic E-state index is 0.371. The normalized spacial score (nSPS) is 12.6. The second-order valence-corrected chi connectivity index (χ2v) is 5.27. The SMILES string of the molecule is CCCC(Cc1nc(-c2ccc(Br)cn2)no1)NC. The second kappa shape index (κ2) is 6.77. The fourth-order valence-corrected chi connectivity index (χ4v) is 2.09. The van der Waals surface area contributed by atoms with Crippen molar-refractivity contribution >= 4 is 15.9 Å². The number of hydrogen-bond acceptors (Lipinski definition) is 5. The van der Waals surface area contributed by atoms with Gasteiger partial charge in [0, 0.05) is 23.1 Å². The molecule has 0 amide bonds. The summed E-state index contributed by atoms with van der Waals surface area (Å²) in [5.74, 6) is 1.18. The Balaban J connectivity index is 2.08. The largest absolute Gasteiger partial charge is 0.339 e. The summed E-state index contributed by atoms with van der Waals surface area (Å²) >= 11 is 3.35. The fraction of sp³-hybridized carbons (Fsp3) is 0.462. The Bertz CT molecular complexity index is 512. The highest BCUT2D eigenvalue weighted by atomic mass is 79.9. The summed E-state index contributed by atoms with van der Waals surface area (Å²) < 4.78 is 6.20. The van der Waals surface area contributed by atoms with Crippen molar-refractivity contribution in [1.82, 2.24) is 20.4 Å². The van der Waals surface area contributed by atoms with E-state index in [1.807, 2.05) is 19.2 Å². The van der Waals surface area contributed by atoms with Crippen molar-refractivity contribution in [3.8, 4) is 11.5 Å². The zero-order valence-electron chi connectivity index (χ0n) is 11.1. The van der Waals surface area contributed by atoms with Crippen LogP contribution in [0.5, 0.6) is 0 Å². The van der Waals surface area contributed by atoms with Gasteiger partial charge in [0.25, 0.3) is 0 Å². The minimum absolute atomic E-state index is 0.371. The van der Waals surface area contributed by atoms with E-state index in [1.165, 1.54) is 0 Å². The molecule has 6 heteroatoms. The number of hydrogen-bond donors (Lipinski definition) is 1. The van der Waals surface area contributed by atoms with Crippen LogP contribution in [0.1, 0.15) is 25.7 Å². The highest BCUT2D eigenvalue weighted by molar-refractivity contribution is 9.10. The first-order valence-corrected chi connectivity index (χ1v) is 7.14. The lowest BCUT2D eigenvalue weighted by Gasteiger charge is -2.11. The lowest BCUT2D eigenvalue weighted by atomic mass is 10.1. The quantitative estimate of drug-likeness (QED) is 0.885. The first kappa shape index (κ1) is 14.1. The van der Waals surface area contributed by atoms with Gasteiger partial charge in [-0.05, 0) is 41.5 Å². The molecule has 1 unspecified atom stereocenters. The molecule has 2 aromatic rings. The van der Waals surface area contributed by atoms with Gasteiger partial charge in [0.2, 0.25) is 11.7 Å². The van der Waals surface area contributed by atoms with Crippen molar-refractivity contribution in [1.29, 1.82) is 0 Å². The molecular weight excluding hydrogens is 308 g/mol. The number of nitrogens with one attached hydrogen (secondary N) is 1. The molecule has 1 N–H and O–H groups in total. The number of rotatable bonds is 6. The van der Waals surface area contributed by atoms with Crippen LogP contribution in [0, 0.1) is 0 Å². The van der Waals surface area contributed by atoms with E-state index < -0.39 is 0 Å². The van der Waals surface area contributed by atoms with Gasteiger partial charge in [0.05, 0.1) is 0 Å². The summed E-state index contributed by atoms with van der Waals surface area (Å²) in [5, 5.41) is 7.23. The maximum absolute atomic E-state index is 5.28. The smallest absolute Gasteiger partial charge is 0.228 e. The Labute approximate surface area is 121 Å². The van der Waals surface area contributed by atoms with Gasteiger partial charge in [-0.25, -0.2) is 0 Å². The molecule has 102 valence electrons. The van der Waals surface area contributed by atoms with E-state index in [4.69, 9.17) is 4.52 Å². The Kier molecular flexibility index (Phi) is 5.04. The third-order valence-corrected chi connectivity index (χ3v) is 3.36. The molecule has 0 bridgehead atoms. The number of halogens is 1. The third kappa shape index (κ3) is 3.84. The molecule has 19 heavy (non-hydrogen) atoms. The molecule has 0 fully saturated rings. The third-order valence-electron chi connectivity index (χ3n) is 2.89. The fourth-order valence-electron chi connectivity index (χ4n) is 1.86. The van der Waals surface area contributed by atoms with Crippen LogP contribution in [0.4, 0.5) is 0 Å². The van der Waals surface area contributed by atoms with E-state index in [2.05, 4.69) is 43.3 Å². The van der Waals surface area contributed by atoms with Gasteiger partial charge in [-0.15, -0.1) is 0 Å². The second-order valence-electron chi connectivity index (χ2n) is 4.35. The summed E-state index contributed by atoms with van der Waals surface area (Å²) in [4.78, 5) is 8.63. The van der Waals surface area contributed by atoms with Crippen LogP contribution in [-0.2, 0) is 6.42 Å². The Hall–Kier alpha value is -1.27. The molecule has 0 spiro atoms. The lowest BCUT2D eigenvalue weighted by Crippen LogP contribution is -2.27. The molecule has 0 aliphatic rings. The predicted molar refractivity (Wildman–Crippen MR) is 76.7 cm³/mol. The number of pyridine rings is 1. The highest BCUT2D eigenvalue weighted by Gasteiger charge is 2.14. The average Bonchev–Trinajstić information content (AvgIpc) is 2.87. The van der Waals surface area contributed by atoms with Crippen LogP contribution in [0.25, 0.3) is 11.5 Å². The Morgan fingerprint density at radius 2 is 2.26 bits per heavy atom. The van der Waals surface area contributed by atoms with E-state index in [9.17, 15) is 0 Å². The zero-order chi connectivity index (χ0) is 13.7. The molecule has 2 aromatic heterocycles. The van der Waals surface area contributed by atoms with Crippen molar-refractivity contribution < 1.29 is 4.52 Å². The maximum atomic E-state index is 5.28. The highest BCUT2D eigenvalue weighted by Crippen LogP contribution is 2.16. The van der Waals surface area contributed by atoms with Crippen LogP contribution >= 0.6 is 15.9 Å². The van der Waals surface area contributed by atoms with E-state index in [1.54, 1.807) is 6.20 Å². The molecule has 2 rings (SSSR count). The summed E-state index contributed by atoms with van der Waals surface area (Å²) in [5.41, 5.74) is 0.717. The molecule has 0 radical (unpaired) electrons. The van der Waals surface area contributed by atoms with E-state index in [0.29, 0.717) is 17.8 Å². The van der Waals surface area contributed by atoms with Crippen LogP contribution in [0.2, 0.25) is 0 Å². The lowest BCUT2D eigenvalue weighted by molar-refractivity contribution is 0.356. The molecule has 2 heterocycles. The van der Waals surface area contributed by atoms with Crippen molar-refractivity contribution in [2.45, 2.75) is 32.2 Å². The van der Waals surface area contributed by atoms with Gasteiger partial charge < -0.3 is 9.84 Å². The van der Waals surface area contributed by atoms with Gasteiger partial charge in [-0.2, -0.15) is 4.98 Å². The molecule has 5 nitrogen and oxygen atoms in total. The standard InChI is InChI=1S/C13H17BrN4O/c1-3-4-10(15-2)7-12-17-13(18-19-12)11-6-5-9(14)8-16-11/h5-6,8,10,15H,3-4,7H2,1-2H3. The summed E-state index contributed by atoms with van der Waals surface area (Å²) in [6, 6.07) is 4.14. The van der Waals surface area contributed by atoms with Gasteiger partial charge in [0.1, 0.15) is 5.69 Å². The van der Waals surface area contributed by atoms with Gasteiger partial charge in [-0.3, -0.25) is 4.98 Å². The summed E-state index contributed by atoms with van der Waals surface area (Å²) in [7, 11) is 1.95. The molecule has 0 saturated heterocycles. The van der Waals surface area contributed by atoms with Crippen LogP contribution in [-0.4, -0.2) is 28.2 Å². The molecule has 0 aliphatic carbocycles. The van der Waals surface area contributed by atoms with Crippen molar-refractivity contribution in [2.75, 3.05) is 7.05 Å². The number of nitrogens with zero attached hydrogens (tertiary/aromatic N) is 3. The van der Waals surface area contributed by atoms with Crippen LogP contribution in [0.3, 0.4) is 0 Å². The van der Waals surface area contributed by atoms with Gasteiger partial charge in [-0.1, -0.05) is 18.5 Å². The van der Waals surface area contributed by atoms with Crippen LogP contribution in [0.15, 0.2) is 27.3 Å². The molecule has 1 atom stereocenters. The van der Waals surface area contributed by atoms with Crippen LogP contribution < -0.4 is 5.32 Å². The monoisotopic (exact) mass is 324 g/mol. The van der Waals surface area contributed by atoms with E-state index in [-0.39, 0.29) is 0 Å². The summed E-state index contributed by atoms with van der Waals surface area (Å²) in [6.45, 7) is 2.16. The summed E-state index contributed by atoms with van der Waals surface area (Å²) in [6.07, 6.45) is 4.68. The Morgan fingerprint density at radius 1 is 1.42 bits per heavy atom. The topological polar surface area (TPSA) is 63.8 Å². The Morgan fingerprint density at radius 3 is 2.89 bits per heavy atom. The minimum Gasteiger partial charge on any atom is -0.339 e. The van der Waals surface area contributed by atoms with Gasteiger partial charge in [0.15, 0.2) is 0 Å². The average molecular weight is 325 g/mol. The first-order valence-electron chi connectivity index (χ1n) is 6.34. The van der Waals surface area contributed by atoms with Crippen molar-refractivity contribution in [2.24, 2.45) is 0 Å². The number of likely N-dealkylation sites (N-methyl/N-ethyl adjacent to an activating group) is 1. The van der Waals surface area contributed by atoms with E-state index in [0.717, 1.165) is 29.4 Å². The maximum Gasteiger partial charge on any atom is 0.228 e. The number of aromatic nitrogens is 3. The molecular formula is C13H17BrN4O. The molecule has 0 saturated carbocycles.